The first-order valence-corrected chi connectivity index (χ1v) is 11.5. The number of hydrogen-bond donors (Lipinski definition) is 2. The lowest BCUT2D eigenvalue weighted by Crippen LogP contribution is -2.53. The summed E-state index contributed by atoms with van der Waals surface area (Å²) in [6.45, 7) is 7.01. The smallest absolute Gasteiger partial charge is 0.243 e. The normalized spacial score (nSPS) is 21.8. The van der Waals surface area contributed by atoms with Crippen molar-refractivity contribution in [3.63, 3.8) is 0 Å². The number of piperidine rings is 1. The topological polar surface area (TPSA) is 63.2 Å². The van der Waals surface area contributed by atoms with Gasteiger partial charge in [0.2, 0.25) is 5.91 Å². The van der Waals surface area contributed by atoms with Crippen molar-refractivity contribution in [3.8, 4) is 0 Å². The van der Waals surface area contributed by atoms with Crippen molar-refractivity contribution in [3.05, 3.63) is 30.1 Å². The van der Waals surface area contributed by atoms with Crippen molar-refractivity contribution in [1.29, 1.82) is 0 Å². The molecule has 7 nitrogen and oxygen atoms in total. The molecule has 0 aromatic heterocycles. The molecule has 0 radical (unpaired) electrons. The van der Waals surface area contributed by atoms with Gasteiger partial charge in [0.25, 0.3) is 0 Å². The van der Waals surface area contributed by atoms with Gasteiger partial charge in [-0.15, -0.1) is 24.0 Å². The summed E-state index contributed by atoms with van der Waals surface area (Å²) in [6.07, 6.45) is 4.44. The fourth-order valence-electron chi connectivity index (χ4n) is 4.39. The Morgan fingerprint density at radius 1 is 1.25 bits per heavy atom. The lowest BCUT2D eigenvalue weighted by atomic mass is 10.0. The van der Waals surface area contributed by atoms with E-state index in [-0.39, 0.29) is 48.3 Å². The van der Waals surface area contributed by atoms with Crippen molar-refractivity contribution in [1.82, 2.24) is 20.4 Å². The third-order valence-corrected chi connectivity index (χ3v) is 6.22. The molecule has 3 rings (SSSR count). The summed E-state index contributed by atoms with van der Waals surface area (Å²) in [6, 6.07) is 7.45. The van der Waals surface area contributed by atoms with Gasteiger partial charge in [0.15, 0.2) is 5.96 Å². The molecule has 0 aliphatic carbocycles. The number of carbonyl (C=O) groups excluding carboxylic acids is 1. The Kier molecular flexibility index (Phi) is 11.0. The Morgan fingerprint density at radius 2 is 2.03 bits per heavy atom. The lowest BCUT2D eigenvalue weighted by Gasteiger charge is -2.35. The van der Waals surface area contributed by atoms with Crippen LogP contribution in [0.3, 0.4) is 0 Å². The number of rotatable bonds is 7. The average Bonchev–Trinajstić information content (AvgIpc) is 3.23. The van der Waals surface area contributed by atoms with E-state index in [0.717, 1.165) is 51.3 Å². The highest BCUT2D eigenvalue weighted by Crippen LogP contribution is 2.21. The van der Waals surface area contributed by atoms with Crippen molar-refractivity contribution in [2.75, 3.05) is 58.3 Å². The van der Waals surface area contributed by atoms with Gasteiger partial charge in [0.05, 0.1) is 0 Å². The molecule has 1 amide bonds. The van der Waals surface area contributed by atoms with Gasteiger partial charge in [-0.25, -0.2) is 9.38 Å². The van der Waals surface area contributed by atoms with E-state index >= 15 is 0 Å². The SMILES string of the molecule is CCN1CCCC1CNC(=NCC(=O)N(C)C)NC1CCCN(c2cccc(F)c2)C1.I. The number of benzene rings is 1. The Labute approximate surface area is 208 Å². The molecule has 0 saturated carbocycles. The first-order chi connectivity index (χ1) is 15.0. The van der Waals surface area contributed by atoms with Crippen LogP contribution >= 0.6 is 24.0 Å². The molecule has 1 aromatic rings. The molecule has 2 N–H and O–H groups in total. The van der Waals surface area contributed by atoms with E-state index in [0.29, 0.717) is 12.0 Å². The Balaban J connectivity index is 0.00000363. The van der Waals surface area contributed by atoms with E-state index in [1.165, 1.54) is 18.9 Å². The minimum Gasteiger partial charge on any atom is -0.369 e. The monoisotopic (exact) mass is 560 g/mol. The van der Waals surface area contributed by atoms with Gasteiger partial charge in [-0.1, -0.05) is 13.0 Å². The third-order valence-electron chi connectivity index (χ3n) is 6.22. The standard InChI is InChI=1S/C23H37FN6O.HI/c1-4-29-12-7-11-21(29)15-25-23(26-16-22(31)28(2)3)27-19-9-6-13-30(17-19)20-10-5-8-18(24)14-20;/h5,8,10,14,19,21H,4,6-7,9,11-13,15-17H2,1-3H3,(H2,25,26,27);1H. The van der Waals surface area contributed by atoms with Crippen LogP contribution in [0.4, 0.5) is 10.1 Å². The number of nitrogens with one attached hydrogen (secondary N) is 2. The van der Waals surface area contributed by atoms with Gasteiger partial charge in [-0.2, -0.15) is 0 Å². The van der Waals surface area contributed by atoms with Crippen molar-refractivity contribution in [2.45, 2.75) is 44.7 Å². The minimum atomic E-state index is -0.212. The zero-order valence-corrected chi connectivity index (χ0v) is 21.8. The lowest BCUT2D eigenvalue weighted by molar-refractivity contribution is -0.127. The average molecular weight is 561 g/mol. The summed E-state index contributed by atoms with van der Waals surface area (Å²) in [7, 11) is 3.49. The number of nitrogens with zero attached hydrogens (tertiary/aromatic N) is 4. The van der Waals surface area contributed by atoms with Gasteiger partial charge in [0.1, 0.15) is 12.4 Å². The molecule has 2 fully saturated rings. The second-order valence-electron chi connectivity index (χ2n) is 8.67. The fraction of sp³-hybridized carbons (Fsp3) is 0.652. The van der Waals surface area contributed by atoms with Crippen molar-refractivity contribution < 1.29 is 9.18 Å². The number of hydrogen-bond acceptors (Lipinski definition) is 4. The van der Waals surface area contributed by atoms with Crippen LogP contribution in [0.25, 0.3) is 0 Å². The van der Waals surface area contributed by atoms with E-state index in [1.54, 1.807) is 31.1 Å². The van der Waals surface area contributed by atoms with Crippen molar-refractivity contribution >= 4 is 41.5 Å². The second-order valence-corrected chi connectivity index (χ2v) is 8.67. The van der Waals surface area contributed by atoms with Gasteiger partial charge in [0, 0.05) is 51.5 Å². The summed E-state index contributed by atoms with van der Waals surface area (Å²) in [5.74, 6) is 0.446. The molecule has 180 valence electrons. The maximum atomic E-state index is 13.7. The Bertz CT molecular complexity index is 762. The largest absolute Gasteiger partial charge is 0.369 e. The number of carbonyl (C=O) groups is 1. The maximum absolute atomic E-state index is 13.7. The molecule has 2 heterocycles. The van der Waals surface area contributed by atoms with Crippen LogP contribution in [0.1, 0.15) is 32.6 Å². The number of likely N-dealkylation sites (tertiary alicyclic amines) is 1. The molecule has 1 aromatic carbocycles. The van der Waals surface area contributed by atoms with Crippen molar-refractivity contribution in [2.24, 2.45) is 4.99 Å². The molecular formula is C23H38FIN6O. The Hall–Kier alpha value is -1.62. The van der Waals surface area contributed by atoms with Crippen LogP contribution in [0, 0.1) is 5.82 Å². The van der Waals surface area contributed by atoms with Crippen LogP contribution in [-0.2, 0) is 4.79 Å². The molecule has 32 heavy (non-hydrogen) atoms. The number of likely N-dealkylation sites (N-methyl/N-ethyl adjacent to an activating group) is 2. The highest BCUT2D eigenvalue weighted by Gasteiger charge is 2.25. The first-order valence-electron chi connectivity index (χ1n) is 11.5. The zero-order chi connectivity index (χ0) is 22.2. The molecule has 9 heteroatoms. The van der Waals surface area contributed by atoms with E-state index in [4.69, 9.17) is 0 Å². The van der Waals surface area contributed by atoms with Crippen LogP contribution in [0.15, 0.2) is 29.3 Å². The summed E-state index contributed by atoms with van der Waals surface area (Å²) >= 11 is 0. The first kappa shape index (κ1) is 26.6. The van der Waals surface area contributed by atoms with Gasteiger partial charge >= 0.3 is 0 Å². The predicted octanol–water partition coefficient (Wildman–Crippen LogP) is 2.52. The third kappa shape index (κ3) is 7.75. The van der Waals surface area contributed by atoms with E-state index in [1.807, 2.05) is 6.07 Å². The van der Waals surface area contributed by atoms with Crippen LogP contribution in [0.2, 0.25) is 0 Å². The summed E-state index contributed by atoms with van der Waals surface area (Å²) in [5, 5.41) is 7.01. The van der Waals surface area contributed by atoms with Gasteiger partial charge in [-0.3, -0.25) is 9.69 Å². The van der Waals surface area contributed by atoms with Crippen LogP contribution in [0.5, 0.6) is 0 Å². The molecular weight excluding hydrogens is 522 g/mol. The van der Waals surface area contributed by atoms with E-state index < -0.39 is 0 Å². The molecule has 2 aliphatic heterocycles. The summed E-state index contributed by atoms with van der Waals surface area (Å²) < 4.78 is 13.7. The number of anilines is 1. The second kappa shape index (κ2) is 13.2. The number of amides is 1. The zero-order valence-electron chi connectivity index (χ0n) is 19.5. The van der Waals surface area contributed by atoms with Crippen LogP contribution < -0.4 is 15.5 Å². The quantitative estimate of drug-likeness (QED) is 0.305. The number of guanidine groups is 1. The summed E-state index contributed by atoms with van der Waals surface area (Å²) in [4.78, 5) is 22.9. The minimum absolute atomic E-state index is 0. The molecule has 2 atom stereocenters. The number of halogens is 2. The predicted molar refractivity (Wildman–Crippen MR) is 139 cm³/mol. The molecule has 0 spiro atoms. The van der Waals surface area contributed by atoms with Gasteiger partial charge < -0.3 is 20.4 Å². The number of aliphatic imine (C=N–C) groups is 1. The highest BCUT2D eigenvalue weighted by atomic mass is 127. The van der Waals surface area contributed by atoms with Gasteiger partial charge in [-0.05, 0) is 57.0 Å². The van der Waals surface area contributed by atoms with E-state index in [2.05, 4.69) is 32.3 Å². The van der Waals surface area contributed by atoms with Crippen LogP contribution in [-0.4, -0.2) is 87.1 Å². The Morgan fingerprint density at radius 3 is 2.75 bits per heavy atom. The maximum Gasteiger partial charge on any atom is 0.243 e. The highest BCUT2D eigenvalue weighted by molar-refractivity contribution is 14.0. The molecule has 2 saturated heterocycles. The molecule has 2 unspecified atom stereocenters. The van der Waals surface area contributed by atoms with E-state index in [9.17, 15) is 9.18 Å². The molecule has 2 aliphatic rings. The fourth-order valence-corrected chi connectivity index (χ4v) is 4.39. The summed E-state index contributed by atoms with van der Waals surface area (Å²) in [5.41, 5.74) is 0.908. The molecule has 0 bridgehead atoms.